The van der Waals surface area contributed by atoms with E-state index in [1.54, 1.807) is 37.3 Å². The third-order valence-electron chi connectivity index (χ3n) is 3.93. The number of para-hydroxylation sites is 1. The lowest BCUT2D eigenvalue weighted by Gasteiger charge is -2.14. The summed E-state index contributed by atoms with van der Waals surface area (Å²) in [5.41, 5.74) is 0.870. The van der Waals surface area contributed by atoms with Crippen LogP contribution in [0.15, 0.2) is 64.1 Å². The van der Waals surface area contributed by atoms with Gasteiger partial charge in [0.05, 0.1) is 29.6 Å². The topological polar surface area (TPSA) is 97.6 Å². The van der Waals surface area contributed by atoms with E-state index in [0.29, 0.717) is 11.3 Å². The van der Waals surface area contributed by atoms with Crippen LogP contribution in [-0.2, 0) is 10.0 Å². The molecule has 2 aromatic carbocycles. The van der Waals surface area contributed by atoms with Gasteiger partial charge >= 0.3 is 0 Å². The van der Waals surface area contributed by atoms with Crippen molar-refractivity contribution in [1.29, 1.82) is 0 Å². The number of amides is 1. The van der Waals surface area contributed by atoms with Crippen LogP contribution < -0.4 is 14.8 Å². The third kappa shape index (κ3) is 4.13. The number of methoxy groups -OCH3 is 1. The van der Waals surface area contributed by atoms with Gasteiger partial charge in [-0.25, -0.2) is 8.42 Å². The molecule has 1 aromatic heterocycles. The Kier molecular flexibility index (Phi) is 5.62. The lowest BCUT2D eigenvalue weighted by molar-refractivity contribution is 0.102. The van der Waals surface area contributed by atoms with E-state index in [1.165, 1.54) is 31.6 Å². The van der Waals surface area contributed by atoms with Crippen molar-refractivity contribution < 1.29 is 22.4 Å². The van der Waals surface area contributed by atoms with Gasteiger partial charge in [-0.05, 0) is 43.3 Å². The molecule has 9 heteroatoms. The van der Waals surface area contributed by atoms with Crippen molar-refractivity contribution in [1.82, 2.24) is 0 Å². The number of benzene rings is 2. The van der Waals surface area contributed by atoms with Crippen molar-refractivity contribution in [2.75, 3.05) is 17.1 Å². The van der Waals surface area contributed by atoms with Crippen molar-refractivity contribution in [3.63, 3.8) is 0 Å². The zero-order valence-corrected chi connectivity index (χ0v) is 16.6. The predicted octanol–water partition coefficient (Wildman–Crippen LogP) is 4.30. The maximum Gasteiger partial charge on any atom is 0.265 e. The number of halogens is 1. The largest absolute Gasteiger partial charge is 0.495 e. The van der Waals surface area contributed by atoms with E-state index in [9.17, 15) is 13.2 Å². The minimum Gasteiger partial charge on any atom is -0.495 e. The second-order valence-corrected chi connectivity index (χ2v) is 7.85. The molecule has 3 rings (SSSR count). The van der Waals surface area contributed by atoms with E-state index in [-0.39, 0.29) is 27.0 Å². The first-order valence-electron chi connectivity index (χ1n) is 8.12. The molecule has 28 heavy (non-hydrogen) atoms. The van der Waals surface area contributed by atoms with Crippen LogP contribution in [0.2, 0.25) is 5.02 Å². The number of carbonyl (C=O) groups excluding carboxylic acids is 1. The molecule has 0 atom stereocenters. The molecule has 0 spiro atoms. The Hall–Kier alpha value is -2.97. The number of rotatable bonds is 6. The first kappa shape index (κ1) is 19.8. The maximum atomic E-state index is 12.9. The zero-order valence-electron chi connectivity index (χ0n) is 15.0. The first-order chi connectivity index (χ1) is 13.3. The number of sulfonamides is 1. The van der Waals surface area contributed by atoms with Crippen LogP contribution in [0.3, 0.4) is 0 Å². The molecule has 3 aromatic rings. The lowest BCUT2D eigenvalue weighted by atomic mass is 10.2. The first-order valence-corrected chi connectivity index (χ1v) is 9.99. The minimum absolute atomic E-state index is 0.122. The normalized spacial score (nSPS) is 11.1. The molecule has 7 nitrogen and oxygen atoms in total. The smallest absolute Gasteiger partial charge is 0.265 e. The Balaban J connectivity index is 1.93. The molecule has 1 heterocycles. The van der Waals surface area contributed by atoms with Crippen molar-refractivity contribution in [3.8, 4) is 5.75 Å². The molecule has 0 unspecified atom stereocenters. The summed E-state index contributed by atoms with van der Waals surface area (Å²) < 4.78 is 38.5. The van der Waals surface area contributed by atoms with Gasteiger partial charge in [-0.15, -0.1) is 0 Å². The van der Waals surface area contributed by atoms with Crippen molar-refractivity contribution in [2.24, 2.45) is 0 Å². The summed E-state index contributed by atoms with van der Waals surface area (Å²) in [6.45, 7) is 1.66. The standard InChI is InChI=1S/C19H17ClN2O5S/c1-12-14(9-10-27-12)19(23)21-13-7-8-17(26-2)18(11-13)28(24,25)22-16-6-4-3-5-15(16)20/h3-11,22H,1-2H3,(H,21,23). The fourth-order valence-electron chi connectivity index (χ4n) is 2.53. The lowest BCUT2D eigenvalue weighted by Crippen LogP contribution is -2.16. The maximum absolute atomic E-state index is 12.9. The summed E-state index contributed by atoms with van der Waals surface area (Å²) in [4.78, 5) is 12.2. The molecule has 0 bridgehead atoms. The van der Waals surface area contributed by atoms with Gasteiger partial charge in [0.1, 0.15) is 16.4 Å². The number of ether oxygens (including phenoxy) is 1. The number of hydrogen-bond acceptors (Lipinski definition) is 5. The fourth-order valence-corrected chi connectivity index (χ4v) is 4.04. The number of carbonyl (C=O) groups is 1. The average Bonchev–Trinajstić information content (AvgIpc) is 3.09. The van der Waals surface area contributed by atoms with Crippen LogP contribution in [0.5, 0.6) is 5.75 Å². The summed E-state index contributed by atoms with van der Waals surface area (Å²) in [5.74, 6) is 0.162. The third-order valence-corrected chi connectivity index (χ3v) is 5.65. The van der Waals surface area contributed by atoms with Crippen LogP contribution >= 0.6 is 11.6 Å². The van der Waals surface area contributed by atoms with Crippen LogP contribution in [0, 0.1) is 6.92 Å². The second kappa shape index (κ2) is 7.95. The molecule has 0 aliphatic heterocycles. The van der Waals surface area contributed by atoms with E-state index in [1.807, 2.05) is 0 Å². The summed E-state index contributed by atoms with van der Waals surface area (Å²) >= 11 is 6.04. The molecule has 0 saturated carbocycles. The highest BCUT2D eigenvalue weighted by Crippen LogP contribution is 2.31. The van der Waals surface area contributed by atoms with Crippen LogP contribution in [0.4, 0.5) is 11.4 Å². The van der Waals surface area contributed by atoms with Crippen molar-refractivity contribution in [2.45, 2.75) is 11.8 Å². The number of anilines is 2. The molecular weight excluding hydrogens is 404 g/mol. The average molecular weight is 421 g/mol. The SMILES string of the molecule is COc1ccc(NC(=O)c2ccoc2C)cc1S(=O)(=O)Nc1ccccc1Cl. The van der Waals surface area contributed by atoms with Gasteiger partial charge in [-0.3, -0.25) is 9.52 Å². The molecule has 2 N–H and O–H groups in total. The van der Waals surface area contributed by atoms with Gasteiger partial charge < -0.3 is 14.5 Å². The van der Waals surface area contributed by atoms with E-state index < -0.39 is 15.9 Å². The minimum atomic E-state index is -4.03. The second-order valence-electron chi connectivity index (χ2n) is 5.80. The predicted molar refractivity (Wildman–Crippen MR) is 107 cm³/mol. The van der Waals surface area contributed by atoms with E-state index >= 15 is 0 Å². The molecule has 0 fully saturated rings. The van der Waals surface area contributed by atoms with Crippen LogP contribution in [0.25, 0.3) is 0 Å². The van der Waals surface area contributed by atoms with E-state index in [0.717, 1.165) is 0 Å². The molecule has 0 radical (unpaired) electrons. The van der Waals surface area contributed by atoms with Gasteiger partial charge in [0.15, 0.2) is 0 Å². The number of hydrogen-bond donors (Lipinski definition) is 2. The molecule has 0 saturated heterocycles. The summed E-state index contributed by atoms with van der Waals surface area (Å²) in [6.07, 6.45) is 1.40. The Morgan fingerprint density at radius 2 is 1.89 bits per heavy atom. The van der Waals surface area contributed by atoms with E-state index in [2.05, 4.69) is 10.0 Å². The molecule has 0 aliphatic carbocycles. The quantitative estimate of drug-likeness (QED) is 0.619. The molecule has 1 amide bonds. The van der Waals surface area contributed by atoms with Gasteiger partial charge in [-0.1, -0.05) is 23.7 Å². The highest BCUT2D eigenvalue weighted by molar-refractivity contribution is 7.92. The molecule has 146 valence electrons. The van der Waals surface area contributed by atoms with Crippen LogP contribution in [-0.4, -0.2) is 21.4 Å². The summed E-state index contributed by atoms with van der Waals surface area (Å²) in [5, 5.41) is 2.91. The van der Waals surface area contributed by atoms with Gasteiger partial charge in [0, 0.05) is 5.69 Å². The summed E-state index contributed by atoms with van der Waals surface area (Å²) in [7, 11) is -2.67. The molecular formula is C19H17ClN2O5S. The Labute approximate surface area is 167 Å². The van der Waals surface area contributed by atoms with Crippen molar-refractivity contribution in [3.05, 3.63) is 71.1 Å². The number of aryl methyl sites for hydroxylation is 1. The Morgan fingerprint density at radius 3 is 2.54 bits per heavy atom. The van der Waals surface area contributed by atoms with Crippen molar-refractivity contribution >= 4 is 38.9 Å². The highest BCUT2D eigenvalue weighted by atomic mass is 35.5. The Bertz CT molecular complexity index is 1120. The zero-order chi connectivity index (χ0) is 20.3. The highest BCUT2D eigenvalue weighted by Gasteiger charge is 2.22. The fraction of sp³-hybridized carbons (Fsp3) is 0.105. The number of nitrogens with one attached hydrogen (secondary N) is 2. The van der Waals surface area contributed by atoms with Crippen LogP contribution in [0.1, 0.15) is 16.1 Å². The van der Waals surface area contributed by atoms with E-state index in [4.69, 9.17) is 20.8 Å². The Morgan fingerprint density at radius 1 is 1.14 bits per heavy atom. The van der Waals surface area contributed by atoms with Gasteiger partial charge in [-0.2, -0.15) is 0 Å². The molecule has 0 aliphatic rings. The monoisotopic (exact) mass is 420 g/mol. The van der Waals surface area contributed by atoms with Gasteiger partial charge in [0.2, 0.25) is 0 Å². The number of furan rings is 1. The van der Waals surface area contributed by atoms with Gasteiger partial charge in [0.25, 0.3) is 15.9 Å². The summed E-state index contributed by atoms with van der Waals surface area (Å²) in [6, 6.07) is 12.3.